The highest BCUT2D eigenvalue weighted by Gasteiger charge is 2.12. The summed E-state index contributed by atoms with van der Waals surface area (Å²) in [5, 5.41) is 0. The van der Waals surface area contributed by atoms with Gasteiger partial charge in [-0.15, -0.1) is 0 Å². The molecule has 0 aliphatic heterocycles. The van der Waals surface area contributed by atoms with Crippen molar-refractivity contribution in [3.05, 3.63) is 77.4 Å². The van der Waals surface area contributed by atoms with Gasteiger partial charge < -0.3 is 4.74 Å². The number of ether oxygens (including phenoxy) is 1. The van der Waals surface area contributed by atoms with Crippen LogP contribution in [0.1, 0.15) is 106 Å². The number of nitrogens with zero attached hydrogens (tertiary/aromatic N) is 2. The van der Waals surface area contributed by atoms with E-state index in [0.717, 1.165) is 36.8 Å². The summed E-state index contributed by atoms with van der Waals surface area (Å²) in [4.78, 5) is 21.6. The monoisotopic (exact) mass is 504 g/mol. The molecule has 5 heteroatoms. The lowest BCUT2D eigenvalue weighted by atomic mass is 10.0. The lowest BCUT2D eigenvalue weighted by Gasteiger charge is -2.08. The van der Waals surface area contributed by atoms with Gasteiger partial charge in [0.25, 0.3) is 0 Å². The highest BCUT2D eigenvalue weighted by molar-refractivity contribution is 5.91. The Bertz CT molecular complexity index is 1080. The fourth-order valence-electron chi connectivity index (χ4n) is 4.38. The Morgan fingerprint density at radius 1 is 0.757 bits per heavy atom. The van der Waals surface area contributed by atoms with Crippen molar-refractivity contribution >= 4 is 5.97 Å². The van der Waals surface area contributed by atoms with Gasteiger partial charge >= 0.3 is 5.97 Å². The second-order valence-corrected chi connectivity index (χ2v) is 9.82. The number of hydrogen-bond donors (Lipinski definition) is 0. The molecule has 0 saturated heterocycles. The molecule has 0 spiro atoms. The van der Waals surface area contributed by atoms with Crippen molar-refractivity contribution in [1.82, 2.24) is 9.97 Å². The summed E-state index contributed by atoms with van der Waals surface area (Å²) >= 11 is 0. The molecule has 1 aromatic heterocycles. The van der Waals surface area contributed by atoms with Gasteiger partial charge in [-0.3, -0.25) is 0 Å². The third-order valence-corrected chi connectivity index (χ3v) is 6.69. The third-order valence-electron chi connectivity index (χ3n) is 6.69. The van der Waals surface area contributed by atoms with Crippen molar-refractivity contribution in [1.29, 1.82) is 0 Å². The van der Waals surface area contributed by atoms with E-state index in [-0.39, 0.29) is 11.6 Å². The molecular weight excluding hydrogens is 463 g/mol. The zero-order chi connectivity index (χ0) is 26.3. The van der Waals surface area contributed by atoms with Crippen LogP contribution < -0.4 is 4.74 Å². The van der Waals surface area contributed by atoms with Crippen LogP contribution in [0.3, 0.4) is 0 Å². The number of aromatic nitrogens is 2. The molecule has 0 fully saturated rings. The molecule has 0 atom stereocenters. The predicted octanol–water partition coefficient (Wildman–Crippen LogP) is 8.92. The number of hydrogen-bond acceptors (Lipinski definition) is 4. The number of aryl methyl sites for hydroxylation is 2. The van der Waals surface area contributed by atoms with Gasteiger partial charge in [0.2, 0.25) is 0 Å². The highest BCUT2D eigenvalue weighted by Crippen LogP contribution is 2.21. The van der Waals surface area contributed by atoms with Crippen molar-refractivity contribution in [3.8, 4) is 17.1 Å². The molecular formula is C32H41FN2O2. The molecule has 0 unspecified atom stereocenters. The molecule has 0 saturated carbocycles. The zero-order valence-corrected chi connectivity index (χ0v) is 22.5. The van der Waals surface area contributed by atoms with E-state index in [1.54, 1.807) is 24.3 Å². The predicted molar refractivity (Wildman–Crippen MR) is 148 cm³/mol. The summed E-state index contributed by atoms with van der Waals surface area (Å²) in [7, 11) is 0. The Hall–Kier alpha value is -3.08. The lowest BCUT2D eigenvalue weighted by Crippen LogP contribution is -2.09. The molecule has 0 aliphatic carbocycles. The highest BCUT2D eigenvalue weighted by atomic mass is 19.1. The van der Waals surface area contributed by atoms with Crippen molar-refractivity contribution in [2.45, 2.75) is 97.3 Å². The second-order valence-electron chi connectivity index (χ2n) is 9.82. The van der Waals surface area contributed by atoms with Gasteiger partial charge in [-0.2, -0.15) is 0 Å². The van der Waals surface area contributed by atoms with Gasteiger partial charge in [0.15, 0.2) is 5.82 Å². The fourth-order valence-corrected chi connectivity index (χ4v) is 4.38. The Morgan fingerprint density at radius 3 is 1.97 bits per heavy atom. The summed E-state index contributed by atoms with van der Waals surface area (Å²) in [6.45, 7) is 4.41. The number of esters is 1. The van der Waals surface area contributed by atoms with Gasteiger partial charge in [0.1, 0.15) is 11.6 Å². The van der Waals surface area contributed by atoms with Crippen molar-refractivity contribution in [3.63, 3.8) is 0 Å². The smallest absolute Gasteiger partial charge is 0.343 e. The van der Waals surface area contributed by atoms with Crippen LogP contribution in [-0.2, 0) is 12.8 Å². The average molecular weight is 505 g/mol. The molecule has 198 valence electrons. The molecule has 0 amide bonds. The topological polar surface area (TPSA) is 52.1 Å². The Labute approximate surface area is 221 Å². The fraction of sp³-hybridized carbons (Fsp3) is 0.469. The SMILES string of the molecule is CCCCCCCCc1cnc(-c2ccc(C(=O)Oc3ccc(CCCCCCC)c(F)c3)cc2)nc1. The summed E-state index contributed by atoms with van der Waals surface area (Å²) in [5.74, 6) is -0.00809. The molecule has 1 heterocycles. The summed E-state index contributed by atoms with van der Waals surface area (Å²) in [6.07, 6.45) is 18.7. The minimum absolute atomic E-state index is 0.214. The molecule has 37 heavy (non-hydrogen) atoms. The van der Waals surface area contributed by atoms with Crippen molar-refractivity contribution in [2.75, 3.05) is 0 Å². The first-order valence-corrected chi connectivity index (χ1v) is 14.0. The van der Waals surface area contributed by atoms with E-state index >= 15 is 0 Å². The quantitative estimate of drug-likeness (QED) is 0.111. The van der Waals surface area contributed by atoms with E-state index in [0.29, 0.717) is 23.4 Å². The van der Waals surface area contributed by atoms with Crippen LogP contribution in [0, 0.1) is 5.82 Å². The molecule has 0 radical (unpaired) electrons. The lowest BCUT2D eigenvalue weighted by molar-refractivity contribution is 0.0734. The first-order valence-electron chi connectivity index (χ1n) is 14.0. The number of carbonyl (C=O) groups excluding carboxylic acids is 1. The van der Waals surface area contributed by atoms with Crippen LogP contribution in [0.4, 0.5) is 4.39 Å². The van der Waals surface area contributed by atoms with Gasteiger partial charge in [0.05, 0.1) is 5.56 Å². The molecule has 0 bridgehead atoms. The zero-order valence-electron chi connectivity index (χ0n) is 22.5. The number of rotatable bonds is 16. The average Bonchev–Trinajstić information content (AvgIpc) is 2.92. The maximum atomic E-state index is 14.5. The van der Waals surface area contributed by atoms with Crippen LogP contribution >= 0.6 is 0 Å². The maximum Gasteiger partial charge on any atom is 0.343 e. The molecule has 3 rings (SSSR count). The van der Waals surface area contributed by atoms with Crippen molar-refractivity contribution < 1.29 is 13.9 Å². The maximum absolute atomic E-state index is 14.5. The largest absolute Gasteiger partial charge is 0.423 e. The third kappa shape index (κ3) is 9.71. The molecule has 3 aromatic rings. The first-order chi connectivity index (χ1) is 18.1. The van der Waals surface area contributed by atoms with E-state index in [1.165, 1.54) is 57.4 Å². The minimum atomic E-state index is -0.520. The standard InChI is InChI=1S/C32H41FN2O2/c1-3-5-7-9-11-12-14-25-23-34-31(35-24-25)27-16-18-28(19-17-27)32(36)37-29-21-20-26(30(33)22-29)15-13-10-8-6-4-2/h16-24H,3-15H2,1-2H3. The molecule has 0 aliphatic rings. The van der Waals surface area contributed by atoms with Crippen LogP contribution in [0.15, 0.2) is 54.9 Å². The van der Waals surface area contributed by atoms with Crippen LogP contribution in [-0.4, -0.2) is 15.9 Å². The van der Waals surface area contributed by atoms with E-state index in [1.807, 2.05) is 24.5 Å². The van der Waals surface area contributed by atoms with Crippen LogP contribution in [0.25, 0.3) is 11.4 Å². The normalized spacial score (nSPS) is 11.0. The van der Waals surface area contributed by atoms with Gasteiger partial charge in [0, 0.05) is 24.0 Å². The van der Waals surface area contributed by atoms with E-state index < -0.39 is 5.97 Å². The Balaban J connectivity index is 1.48. The summed E-state index contributed by atoms with van der Waals surface area (Å²) < 4.78 is 19.9. The Morgan fingerprint density at radius 2 is 1.35 bits per heavy atom. The van der Waals surface area contributed by atoms with Gasteiger partial charge in [-0.1, -0.05) is 89.8 Å². The van der Waals surface area contributed by atoms with Crippen LogP contribution in [0.2, 0.25) is 0 Å². The molecule has 4 nitrogen and oxygen atoms in total. The summed E-state index contributed by atoms with van der Waals surface area (Å²) in [6, 6.07) is 11.7. The number of benzene rings is 2. The molecule has 0 N–H and O–H groups in total. The van der Waals surface area contributed by atoms with E-state index in [2.05, 4.69) is 23.8 Å². The van der Waals surface area contributed by atoms with Crippen molar-refractivity contribution in [2.24, 2.45) is 0 Å². The van der Waals surface area contributed by atoms with Gasteiger partial charge in [-0.05, 0) is 55.0 Å². The van der Waals surface area contributed by atoms with E-state index in [4.69, 9.17) is 4.74 Å². The number of carbonyl (C=O) groups is 1. The van der Waals surface area contributed by atoms with E-state index in [9.17, 15) is 9.18 Å². The van der Waals surface area contributed by atoms with Gasteiger partial charge in [-0.25, -0.2) is 19.2 Å². The Kier molecular flexibility index (Phi) is 12.2. The summed E-state index contributed by atoms with van der Waals surface area (Å²) in [5.41, 5.74) is 3.04. The van der Waals surface area contributed by atoms with Crippen LogP contribution in [0.5, 0.6) is 5.75 Å². The second kappa shape index (κ2) is 15.9. The number of halogens is 1. The minimum Gasteiger partial charge on any atom is -0.423 e. The first kappa shape index (κ1) is 28.5. The molecule has 2 aromatic carbocycles. The number of unbranched alkanes of at least 4 members (excludes halogenated alkanes) is 9.